The van der Waals surface area contributed by atoms with Gasteiger partial charge < -0.3 is 15.1 Å². The fourth-order valence-electron chi connectivity index (χ4n) is 3.99. The smallest absolute Gasteiger partial charge is 0.125 e. The molecule has 2 aromatic rings. The number of hydrogen-bond donors (Lipinski definition) is 1. The molecule has 1 saturated heterocycles. The van der Waals surface area contributed by atoms with E-state index in [1.54, 1.807) is 6.07 Å². The molecule has 6 heteroatoms. The van der Waals surface area contributed by atoms with Crippen LogP contribution in [0.2, 0.25) is 0 Å². The van der Waals surface area contributed by atoms with E-state index in [0.717, 1.165) is 62.9 Å². The maximum absolute atomic E-state index is 13.3. The summed E-state index contributed by atoms with van der Waals surface area (Å²) in [5.41, 5.74) is 3.07. The Hall–Kier alpha value is -2.34. The first-order valence-electron chi connectivity index (χ1n) is 9.63. The summed E-state index contributed by atoms with van der Waals surface area (Å²) in [6.07, 6.45) is 1.06. The van der Waals surface area contributed by atoms with E-state index < -0.39 is 0 Å². The van der Waals surface area contributed by atoms with Crippen molar-refractivity contribution in [2.75, 3.05) is 54.5 Å². The lowest BCUT2D eigenvalue weighted by Gasteiger charge is -2.39. The van der Waals surface area contributed by atoms with Gasteiger partial charge in [-0.05, 0) is 55.8 Å². The van der Waals surface area contributed by atoms with Crippen LogP contribution in [0.1, 0.15) is 13.3 Å². The topological polar surface area (TPSA) is 21.8 Å². The summed E-state index contributed by atoms with van der Waals surface area (Å²) in [4.78, 5) is 7.12. The van der Waals surface area contributed by atoms with Crippen molar-refractivity contribution in [1.82, 2.24) is 4.90 Å². The van der Waals surface area contributed by atoms with Crippen LogP contribution in [-0.2, 0) is 0 Å². The molecule has 2 heterocycles. The number of piperazine rings is 1. The van der Waals surface area contributed by atoms with Gasteiger partial charge in [-0.15, -0.1) is 0 Å². The molecule has 0 saturated carbocycles. The maximum atomic E-state index is 13.3. The van der Waals surface area contributed by atoms with Crippen LogP contribution in [-0.4, -0.2) is 50.3 Å². The quantitative estimate of drug-likeness (QED) is 0.863. The highest BCUT2D eigenvalue weighted by molar-refractivity contribution is 5.74. The van der Waals surface area contributed by atoms with Crippen molar-refractivity contribution in [2.24, 2.45) is 0 Å². The lowest BCUT2D eigenvalue weighted by atomic mass is 10.1. The highest BCUT2D eigenvalue weighted by Crippen LogP contribution is 2.32. The molecule has 0 aromatic heterocycles. The lowest BCUT2D eigenvalue weighted by molar-refractivity contribution is 0.190. The monoisotopic (exact) mass is 372 g/mol. The normalized spacial score (nSPS) is 18.3. The second-order valence-electron chi connectivity index (χ2n) is 7.40. The van der Waals surface area contributed by atoms with Crippen molar-refractivity contribution in [3.63, 3.8) is 0 Å². The predicted octanol–water partition coefficient (Wildman–Crippen LogP) is 3.76. The van der Waals surface area contributed by atoms with E-state index in [9.17, 15) is 8.78 Å². The minimum Gasteiger partial charge on any atom is -0.369 e. The molecule has 0 spiro atoms. The first-order chi connectivity index (χ1) is 13.1. The van der Waals surface area contributed by atoms with Crippen LogP contribution in [0.5, 0.6) is 0 Å². The van der Waals surface area contributed by atoms with E-state index in [1.165, 1.54) is 18.2 Å². The first-order valence-corrected chi connectivity index (χ1v) is 9.63. The Labute approximate surface area is 159 Å². The number of nitrogens with one attached hydrogen (secondary N) is 1. The summed E-state index contributed by atoms with van der Waals surface area (Å²) in [5.74, 6) is -0.387. The second-order valence-corrected chi connectivity index (χ2v) is 7.40. The average Bonchev–Trinajstić information content (AvgIpc) is 3.09. The van der Waals surface area contributed by atoms with E-state index in [-0.39, 0.29) is 11.6 Å². The molecule has 0 bridgehead atoms. The second kappa shape index (κ2) is 7.72. The zero-order chi connectivity index (χ0) is 18.8. The molecule has 0 radical (unpaired) electrons. The molecule has 27 heavy (non-hydrogen) atoms. The minimum atomic E-state index is -0.199. The van der Waals surface area contributed by atoms with Crippen LogP contribution < -0.4 is 15.1 Å². The van der Waals surface area contributed by atoms with Gasteiger partial charge in [0.05, 0.1) is 18.0 Å². The van der Waals surface area contributed by atoms with Crippen molar-refractivity contribution in [3.8, 4) is 0 Å². The summed E-state index contributed by atoms with van der Waals surface area (Å²) in [6, 6.07) is 12.2. The van der Waals surface area contributed by atoms with Gasteiger partial charge in [0.1, 0.15) is 11.6 Å². The molecular formula is C21H26F2N4. The molecular weight excluding hydrogens is 346 g/mol. The molecule has 0 aliphatic carbocycles. The Morgan fingerprint density at radius 1 is 0.963 bits per heavy atom. The van der Waals surface area contributed by atoms with E-state index in [4.69, 9.17) is 0 Å². The molecule has 4 rings (SSSR count). The zero-order valence-corrected chi connectivity index (χ0v) is 15.7. The predicted molar refractivity (Wildman–Crippen MR) is 107 cm³/mol. The van der Waals surface area contributed by atoms with Crippen molar-refractivity contribution in [1.29, 1.82) is 0 Å². The van der Waals surface area contributed by atoms with Gasteiger partial charge in [0.2, 0.25) is 0 Å². The summed E-state index contributed by atoms with van der Waals surface area (Å²) in [7, 11) is 0. The van der Waals surface area contributed by atoms with E-state index in [2.05, 4.69) is 26.9 Å². The highest BCUT2D eigenvalue weighted by atomic mass is 19.1. The number of halogens is 2. The molecule has 1 atom stereocenters. The molecule has 1 fully saturated rings. The third-order valence-electron chi connectivity index (χ3n) is 5.71. The van der Waals surface area contributed by atoms with Crippen LogP contribution in [0.25, 0.3) is 0 Å². The van der Waals surface area contributed by atoms with E-state index in [1.807, 2.05) is 18.2 Å². The SMILES string of the molecule is CC(CCN1CNc2cc(F)ccc21)N1CCN(c2ccc(F)cc2)CC1. The maximum Gasteiger partial charge on any atom is 0.125 e. The molecule has 2 aliphatic heterocycles. The summed E-state index contributed by atoms with van der Waals surface area (Å²) in [6.45, 7) is 7.92. The van der Waals surface area contributed by atoms with Crippen LogP contribution in [0.3, 0.4) is 0 Å². The summed E-state index contributed by atoms with van der Waals surface area (Å²) >= 11 is 0. The Morgan fingerprint density at radius 2 is 1.67 bits per heavy atom. The molecule has 144 valence electrons. The molecule has 0 amide bonds. The molecule has 4 nitrogen and oxygen atoms in total. The fraction of sp³-hybridized carbons (Fsp3) is 0.429. The van der Waals surface area contributed by atoms with Gasteiger partial charge in [-0.1, -0.05) is 0 Å². The summed E-state index contributed by atoms with van der Waals surface area (Å²) < 4.78 is 26.4. The first kappa shape index (κ1) is 18.0. The number of anilines is 3. The average molecular weight is 372 g/mol. The van der Waals surface area contributed by atoms with Gasteiger partial charge in [0.25, 0.3) is 0 Å². The van der Waals surface area contributed by atoms with Crippen LogP contribution in [0, 0.1) is 11.6 Å². The molecule has 1 N–H and O–H groups in total. The van der Waals surface area contributed by atoms with Crippen LogP contribution >= 0.6 is 0 Å². The van der Waals surface area contributed by atoms with Crippen LogP contribution in [0.4, 0.5) is 25.8 Å². The highest BCUT2D eigenvalue weighted by Gasteiger charge is 2.23. The van der Waals surface area contributed by atoms with Gasteiger partial charge >= 0.3 is 0 Å². The Kier molecular flexibility index (Phi) is 5.16. The molecule has 2 aromatic carbocycles. The standard InChI is InChI=1S/C21H26F2N4/c1-16(8-9-27-15-24-20-14-18(23)4-7-21(20)27)25-10-12-26(13-11-25)19-5-2-17(22)3-6-19/h2-7,14,16,24H,8-13,15H2,1H3. The molecule has 1 unspecified atom stereocenters. The number of benzene rings is 2. The summed E-state index contributed by atoms with van der Waals surface area (Å²) in [5, 5.41) is 3.26. The largest absolute Gasteiger partial charge is 0.369 e. The van der Waals surface area contributed by atoms with Gasteiger partial charge in [0.15, 0.2) is 0 Å². The Bertz CT molecular complexity index is 772. The van der Waals surface area contributed by atoms with E-state index >= 15 is 0 Å². The van der Waals surface area contributed by atoms with Crippen molar-refractivity contribution in [3.05, 3.63) is 54.1 Å². The van der Waals surface area contributed by atoms with Crippen molar-refractivity contribution < 1.29 is 8.78 Å². The van der Waals surface area contributed by atoms with Gasteiger partial charge in [0, 0.05) is 44.5 Å². The number of rotatable bonds is 5. The Balaban J connectivity index is 1.27. The van der Waals surface area contributed by atoms with Crippen molar-refractivity contribution >= 4 is 17.1 Å². The van der Waals surface area contributed by atoms with Crippen molar-refractivity contribution in [2.45, 2.75) is 19.4 Å². The zero-order valence-electron chi connectivity index (χ0n) is 15.7. The lowest BCUT2D eigenvalue weighted by Crippen LogP contribution is -2.50. The van der Waals surface area contributed by atoms with Crippen LogP contribution in [0.15, 0.2) is 42.5 Å². The number of hydrogen-bond acceptors (Lipinski definition) is 4. The van der Waals surface area contributed by atoms with Gasteiger partial charge in [-0.3, -0.25) is 4.90 Å². The minimum absolute atomic E-state index is 0.188. The molecule has 2 aliphatic rings. The number of nitrogens with zero attached hydrogens (tertiary/aromatic N) is 3. The van der Waals surface area contributed by atoms with E-state index in [0.29, 0.717) is 6.04 Å². The third kappa shape index (κ3) is 4.00. The van der Waals surface area contributed by atoms with Gasteiger partial charge in [-0.2, -0.15) is 0 Å². The Morgan fingerprint density at radius 3 is 2.41 bits per heavy atom. The third-order valence-corrected chi connectivity index (χ3v) is 5.71. The fourth-order valence-corrected chi connectivity index (χ4v) is 3.99. The van der Waals surface area contributed by atoms with Gasteiger partial charge in [-0.25, -0.2) is 8.78 Å². The number of fused-ring (bicyclic) bond motifs is 1.